The summed E-state index contributed by atoms with van der Waals surface area (Å²) in [7, 11) is 0. The summed E-state index contributed by atoms with van der Waals surface area (Å²) in [6.07, 6.45) is 0.0207. The Kier molecular flexibility index (Phi) is 4.80. The van der Waals surface area contributed by atoms with Crippen LogP contribution in [0.5, 0.6) is 0 Å². The third-order valence-corrected chi connectivity index (χ3v) is 5.05. The van der Waals surface area contributed by atoms with Crippen molar-refractivity contribution in [2.75, 3.05) is 5.75 Å². The number of hydrogen-bond acceptors (Lipinski definition) is 4. The van der Waals surface area contributed by atoms with Gasteiger partial charge >= 0.3 is 6.18 Å². The van der Waals surface area contributed by atoms with Crippen molar-refractivity contribution in [2.45, 2.75) is 18.0 Å². The number of rotatable bonds is 4. The number of nitrogens with zero attached hydrogens (tertiary/aromatic N) is 4. The first-order valence-corrected chi connectivity index (χ1v) is 9.55. The molecule has 4 rings (SSSR count). The molecule has 0 N–H and O–H groups in total. The highest BCUT2D eigenvalue weighted by Crippen LogP contribution is 2.33. The first-order valence-electron chi connectivity index (χ1n) is 8.56. The number of hydrogen-bond donors (Lipinski definition) is 0. The number of halogens is 3. The Hall–Kier alpha value is -2.87. The van der Waals surface area contributed by atoms with Gasteiger partial charge in [-0.1, -0.05) is 37.3 Å². The van der Waals surface area contributed by atoms with Crippen molar-refractivity contribution in [3.8, 4) is 22.5 Å². The zero-order chi connectivity index (χ0) is 19.7. The Morgan fingerprint density at radius 1 is 1.04 bits per heavy atom. The summed E-state index contributed by atoms with van der Waals surface area (Å²) in [4.78, 5) is 13.3. The Balaban J connectivity index is 1.79. The van der Waals surface area contributed by atoms with Gasteiger partial charge in [0.2, 0.25) is 0 Å². The molecule has 0 radical (unpaired) electrons. The third kappa shape index (κ3) is 3.60. The van der Waals surface area contributed by atoms with Crippen molar-refractivity contribution in [3.63, 3.8) is 0 Å². The predicted octanol–water partition coefficient (Wildman–Crippen LogP) is 5.59. The first kappa shape index (κ1) is 18.5. The van der Waals surface area contributed by atoms with E-state index in [-0.39, 0.29) is 5.65 Å². The second kappa shape index (κ2) is 7.27. The summed E-state index contributed by atoms with van der Waals surface area (Å²) in [6, 6.07) is 12.9. The van der Waals surface area contributed by atoms with Gasteiger partial charge in [0.25, 0.3) is 0 Å². The van der Waals surface area contributed by atoms with Crippen LogP contribution in [0, 0.1) is 0 Å². The predicted molar refractivity (Wildman–Crippen MR) is 103 cm³/mol. The number of aromatic nitrogens is 4. The molecule has 4 nitrogen and oxygen atoms in total. The van der Waals surface area contributed by atoms with E-state index in [2.05, 4.69) is 15.0 Å². The van der Waals surface area contributed by atoms with Gasteiger partial charge in [0.1, 0.15) is 29.1 Å². The van der Waals surface area contributed by atoms with Crippen LogP contribution in [0.25, 0.3) is 28.2 Å². The van der Waals surface area contributed by atoms with Gasteiger partial charge in [-0.15, -0.1) is 11.8 Å². The van der Waals surface area contributed by atoms with E-state index < -0.39 is 11.9 Å². The Bertz CT molecular complexity index is 1120. The molecule has 0 aliphatic rings. The fourth-order valence-corrected chi connectivity index (χ4v) is 3.67. The summed E-state index contributed by atoms with van der Waals surface area (Å²) >= 11 is 1.62. The van der Waals surface area contributed by atoms with E-state index >= 15 is 0 Å². The smallest absolute Gasteiger partial charge is 0.290 e. The fourth-order valence-electron chi connectivity index (χ4n) is 2.85. The molecular formula is C20H15F3N4S. The van der Waals surface area contributed by atoms with E-state index in [4.69, 9.17) is 0 Å². The van der Waals surface area contributed by atoms with Crippen molar-refractivity contribution in [3.05, 3.63) is 66.9 Å². The monoisotopic (exact) mass is 400 g/mol. The summed E-state index contributed by atoms with van der Waals surface area (Å²) in [6.45, 7) is 2.03. The Labute approximate surface area is 163 Å². The lowest BCUT2D eigenvalue weighted by Gasteiger charge is -2.08. The highest BCUT2D eigenvalue weighted by molar-refractivity contribution is 7.99. The molecule has 0 saturated heterocycles. The van der Waals surface area contributed by atoms with Gasteiger partial charge in [0, 0.05) is 28.9 Å². The molecule has 28 heavy (non-hydrogen) atoms. The van der Waals surface area contributed by atoms with Crippen molar-refractivity contribution >= 4 is 17.4 Å². The minimum Gasteiger partial charge on any atom is -0.290 e. The van der Waals surface area contributed by atoms with Crippen molar-refractivity contribution in [1.29, 1.82) is 0 Å². The second-order valence-electron chi connectivity index (χ2n) is 6.03. The molecule has 0 spiro atoms. The standard InChI is InChI=1S/C20H15F3N4S/c1-2-28-16-8-14(13-6-4-3-5-7-13)10-24-19(16)15-11-27-12-25-17(20(21,22)23)9-18(27)26-15/h3-12H,2H2,1H3. The molecule has 0 amide bonds. The van der Waals surface area contributed by atoms with Gasteiger partial charge in [-0.25, -0.2) is 9.97 Å². The van der Waals surface area contributed by atoms with Crippen molar-refractivity contribution < 1.29 is 13.2 Å². The molecule has 0 unspecified atom stereocenters. The first-order chi connectivity index (χ1) is 13.5. The van der Waals surface area contributed by atoms with Crippen LogP contribution in [0.15, 0.2) is 66.1 Å². The largest absolute Gasteiger partial charge is 0.433 e. The molecule has 3 heterocycles. The molecular weight excluding hydrogens is 385 g/mol. The molecule has 8 heteroatoms. The van der Waals surface area contributed by atoms with Gasteiger partial charge < -0.3 is 0 Å². The van der Waals surface area contributed by atoms with Gasteiger partial charge in [0.05, 0.1) is 0 Å². The highest BCUT2D eigenvalue weighted by atomic mass is 32.2. The summed E-state index contributed by atoms with van der Waals surface area (Å²) in [5.41, 5.74) is 2.39. The van der Waals surface area contributed by atoms with Crippen LogP contribution >= 0.6 is 11.8 Å². The minimum absolute atomic E-state index is 0.179. The van der Waals surface area contributed by atoms with Crippen LogP contribution < -0.4 is 0 Å². The van der Waals surface area contributed by atoms with Gasteiger partial charge in [-0.2, -0.15) is 13.2 Å². The normalized spacial score (nSPS) is 11.9. The number of pyridine rings is 1. The van der Waals surface area contributed by atoms with E-state index in [1.807, 2.05) is 43.3 Å². The molecule has 142 valence electrons. The molecule has 0 fully saturated rings. The number of fused-ring (bicyclic) bond motifs is 1. The number of thioether (sulfide) groups is 1. The lowest BCUT2D eigenvalue weighted by molar-refractivity contribution is -0.141. The summed E-state index contributed by atoms with van der Waals surface area (Å²) in [5, 5.41) is 0. The van der Waals surface area contributed by atoms with Crippen LogP contribution in [-0.4, -0.2) is 25.1 Å². The molecule has 0 aliphatic heterocycles. The maximum atomic E-state index is 12.9. The van der Waals surface area contributed by atoms with E-state index in [1.165, 1.54) is 4.40 Å². The van der Waals surface area contributed by atoms with Crippen LogP contribution in [-0.2, 0) is 6.18 Å². The number of alkyl halides is 3. The maximum absolute atomic E-state index is 12.9. The lowest BCUT2D eigenvalue weighted by Crippen LogP contribution is -2.08. The Morgan fingerprint density at radius 2 is 1.82 bits per heavy atom. The fraction of sp³-hybridized carbons (Fsp3) is 0.150. The summed E-state index contributed by atoms with van der Waals surface area (Å²) in [5.74, 6) is 0.833. The highest BCUT2D eigenvalue weighted by Gasteiger charge is 2.33. The Morgan fingerprint density at radius 3 is 2.54 bits per heavy atom. The average Bonchev–Trinajstić information content (AvgIpc) is 3.11. The second-order valence-corrected chi connectivity index (χ2v) is 7.34. The third-order valence-electron chi connectivity index (χ3n) is 4.14. The molecule has 3 aromatic heterocycles. The van der Waals surface area contributed by atoms with Gasteiger partial charge in [-0.05, 0) is 17.4 Å². The van der Waals surface area contributed by atoms with E-state index in [1.54, 1.807) is 24.2 Å². The average molecular weight is 400 g/mol. The van der Waals surface area contributed by atoms with Crippen molar-refractivity contribution in [2.24, 2.45) is 0 Å². The van der Waals surface area contributed by atoms with Crippen molar-refractivity contribution in [1.82, 2.24) is 19.4 Å². The van der Waals surface area contributed by atoms with Gasteiger partial charge in [0.15, 0.2) is 0 Å². The van der Waals surface area contributed by atoms with Crippen LogP contribution in [0.4, 0.5) is 13.2 Å². The van der Waals surface area contributed by atoms with E-state index in [0.29, 0.717) is 11.4 Å². The maximum Gasteiger partial charge on any atom is 0.433 e. The van der Waals surface area contributed by atoms with E-state index in [0.717, 1.165) is 34.2 Å². The lowest BCUT2D eigenvalue weighted by atomic mass is 10.1. The zero-order valence-electron chi connectivity index (χ0n) is 14.8. The zero-order valence-corrected chi connectivity index (χ0v) is 15.6. The number of imidazole rings is 1. The van der Waals surface area contributed by atoms with Gasteiger partial charge in [-0.3, -0.25) is 9.38 Å². The molecule has 0 saturated carbocycles. The molecule has 0 aliphatic carbocycles. The summed E-state index contributed by atoms with van der Waals surface area (Å²) < 4.78 is 40.2. The SMILES string of the molecule is CCSc1cc(-c2ccccc2)cnc1-c1cn2cnc(C(F)(F)F)cc2n1. The molecule has 0 bridgehead atoms. The van der Waals surface area contributed by atoms with Crippen LogP contribution in [0.3, 0.4) is 0 Å². The molecule has 1 aromatic carbocycles. The number of benzene rings is 1. The quantitative estimate of drug-likeness (QED) is 0.419. The van der Waals surface area contributed by atoms with E-state index in [9.17, 15) is 13.2 Å². The topological polar surface area (TPSA) is 43.1 Å². The van der Waals surface area contributed by atoms with Crippen LogP contribution in [0.2, 0.25) is 0 Å². The minimum atomic E-state index is -4.51. The molecule has 4 aromatic rings. The molecule has 0 atom stereocenters. The van der Waals surface area contributed by atoms with Crippen LogP contribution in [0.1, 0.15) is 12.6 Å².